The second-order valence-electron chi connectivity index (χ2n) is 4.35. The zero-order valence-corrected chi connectivity index (χ0v) is 14.1. The lowest BCUT2D eigenvalue weighted by Crippen LogP contribution is -2.12. The van der Waals surface area contributed by atoms with Crippen LogP contribution in [0.15, 0.2) is 33.3 Å². The predicted octanol–water partition coefficient (Wildman–Crippen LogP) is 4.42. The van der Waals surface area contributed by atoms with E-state index in [1.54, 1.807) is 12.1 Å². The summed E-state index contributed by atoms with van der Waals surface area (Å²) >= 11 is 5.53. The summed E-state index contributed by atoms with van der Waals surface area (Å²) in [5.74, 6) is 0.398. The van der Waals surface area contributed by atoms with Crippen LogP contribution in [0.1, 0.15) is 35.8 Å². The maximum absolute atomic E-state index is 12.1. The van der Waals surface area contributed by atoms with Crippen LogP contribution in [0.25, 0.3) is 0 Å². The number of hydrogen-bond donors (Lipinski definition) is 1. The number of amides is 1. The number of rotatable bonds is 3. The Hall–Kier alpha value is -0.890. The Morgan fingerprint density at radius 1 is 1.42 bits per heavy atom. The van der Waals surface area contributed by atoms with Crippen molar-refractivity contribution < 1.29 is 9.32 Å². The van der Waals surface area contributed by atoms with Gasteiger partial charge in [-0.1, -0.05) is 19.0 Å². The first kappa shape index (κ1) is 14.5. The molecule has 0 fully saturated rings. The lowest BCUT2D eigenvalue weighted by Gasteiger charge is -2.04. The fraction of sp³-hybridized carbons (Fsp3) is 0.231. The van der Waals surface area contributed by atoms with E-state index in [1.165, 1.54) is 0 Å². The first-order chi connectivity index (χ1) is 8.97. The third-order valence-electron chi connectivity index (χ3n) is 2.53. The van der Waals surface area contributed by atoms with Crippen LogP contribution in [0, 0.1) is 3.57 Å². The van der Waals surface area contributed by atoms with E-state index in [1.807, 2.05) is 26.0 Å². The highest BCUT2D eigenvalue weighted by Crippen LogP contribution is 2.22. The number of nitrogens with one attached hydrogen (secondary N) is 1. The molecule has 0 radical (unpaired) electrons. The van der Waals surface area contributed by atoms with Crippen LogP contribution in [0.5, 0.6) is 0 Å². The fourth-order valence-corrected chi connectivity index (χ4v) is 2.39. The first-order valence-corrected chi connectivity index (χ1v) is 7.57. The van der Waals surface area contributed by atoms with Crippen LogP contribution in [0.2, 0.25) is 0 Å². The van der Waals surface area contributed by atoms with Crippen molar-refractivity contribution in [3.05, 3.63) is 43.6 Å². The molecule has 0 saturated heterocycles. The van der Waals surface area contributed by atoms with Gasteiger partial charge in [-0.25, -0.2) is 0 Å². The Morgan fingerprint density at radius 2 is 2.16 bits per heavy atom. The summed E-state index contributed by atoms with van der Waals surface area (Å²) in [6.45, 7) is 4.03. The fourth-order valence-electron chi connectivity index (χ4n) is 1.47. The van der Waals surface area contributed by atoms with Crippen LogP contribution in [-0.4, -0.2) is 11.1 Å². The van der Waals surface area contributed by atoms with E-state index < -0.39 is 0 Å². The van der Waals surface area contributed by atoms with Crippen molar-refractivity contribution in [2.24, 2.45) is 0 Å². The molecule has 100 valence electrons. The van der Waals surface area contributed by atoms with Crippen molar-refractivity contribution in [3.8, 4) is 0 Å². The van der Waals surface area contributed by atoms with E-state index in [0.717, 1.165) is 13.7 Å². The molecule has 0 unspecified atom stereocenters. The van der Waals surface area contributed by atoms with Crippen molar-refractivity contribution in [2.75, 3.05) is 5.32 Å². The molecule has 1 N–H and O–H groups in total. The third kappa shape index (κ3) is 3.56. The molecule has 1 amide bonds. The Labute approximate surface area is 133 Å². The molecule has 0 saturated carbocycles. The summed E-state index contributed by atoms with van der Waals surface area (Å²) in [7, 11) is 0. The van der Waals surface area contributed by atoms with Crippen molar-refractivity contribution in [3.63, 3.8) is 0 Å². The van der Waals surface area contributed by atoms with Crippen molar-refractivity contribution >= 4 is 50.3 Å². The number of carbonyl (C=O) groups is 1. The highest BCUT2D eigenvalue weighted by Gasteiger charge is 2.14. The van der Waals surface area contributed by atoms with Gasteiger partial charge in [0.1, 0.15) is 0 Å². The average Bonchev–Trinajstić information content (AvgIpc) is 2.80. The van der Waals surface area contributed by atoms with Crippen LogP contribution in [-0.2, 0) is 0 Å². The first-order valence-electron chi connectivity index (χ1n) is 5.70. The summed E-state index contributed by atoms with van der Waals surface area (Å²) in [6, 6.07) is 7.31. The van der Waals surface area contributed by atoms with Gasteiger partial charge in [0, 0.05) is 14.1 Å². The normalized spacial score (nSPS) is 10.8. The van der Waals surface area contributed by atoms with Crippen LogP contribution < -0.4 is 5.32 Å². The van der Waals surface area contributed by atoms with Gasteiger partial charge >= 0.3 is 0 Å². The van der Waals surface area contributed by atoms with Crippen molar-refractivity contribution in [1.82, 2.24) is 5.16 Å². The minimum atomic E-state index is -0.225. The van der Waals surface area contributed by atoms with E-state index in [4.69, 9.17) is 4.52 Å². The van der Waals surface area contributed by atoms with Gasteiger partial charge in [-0.05, 0) is 62.6 Å². The van der Waals surface area contributed by atoms with Gasteiger partial charge in [0.25, 0.3) is 5.91 Å². The van der Waals surface area contributed by atoms with Gasteiger partial charge in [0.05, 0.1) is 11.3 Å². The molecule has 6 heteroatoms. The number of nitrogens with zero attached hydrogens (tertiary/aromatic N) is 1. The zero-order valence-electron chi connectivity index (χ0n) is 10.4. The van der Waals surface area contributed by atoms with Crippen molar-refractivity contribution in [2.45, 2.75) is 19.8 Å². The largest absolute Gasteiger partial charge is 0.338 e. The van der Waals surface area contributed by atoms with Gasteiger partial charge in [-0.15, -0.1) is 0 Å². The van der Waals surface area contributed by atoms with E-state index in [2.05, 4.69) is 49.0 Å². The second-order valence-corrected chi connectivity index (χ2v) is 6.45. The molecule has 2 aromatic rings. The molecule has 19 heavy (non-hydrogen) atoms. The van der Waals surface area contributed by atoms with Gasteiger partial charge in [-0.2, -0.15) is 0 Å². The topological polar surface area (TPSA) is 55.1 Å². The minimum Gasteiger partial charge on any atom is -0.338 e. The number of aromatic nitrogens is 1. The van der Waals surface area contributed by atoms with E-state index in [9.17, 15) is 4.79 Å². The van der Waals surface area contributed by atoms with Crippen LogP contribution in [0.3, 0.4) is 0 Å². The quantitative estimate of drug-likeness (QED) is 0.727. The molecular weight excluding hydrogens is 423 g/mol. The average molecular weight is 435 g/mol. The number of halogens is 2. The molecule has 4 nitrogen and oxygen atoms in total. The number of anilines is 1. The molecule has 0 aliphatic carbocycles. The van der Waals surface area contributed by atoms with Crippen LogP contribution >= 0.6 is 38.5 Å². The molecule has 0 bridgehead atoms. The summed E-state index contributed by atoms with van der Waals surface area (Å²) in [5, 5.41) is 6.60. The molecule has 2 rings (SSSR count). The smallest absolute Gasteiger partial charge is 0.259 e. The molecule has 0 spiro atoms. The lowest BCUT2D eigenvalue weighted by molar-refractivity contribution is 0.102. The molecular formula is C13H12BrIN2O2. The SMILES string of the molecule is CC(C)c1cc(NC(=O)c2cc(I)ccc2Br)on1. The third-order valence-corrected chi connectivity index (χ3v) is 3.89. The molecule has 0 aliphatic rings. The van der Waals surface area contributed by atoms with Crippen LogP contribution in [0.4, 0.5) is 5.88 Å². The zero-order chi connectivity index (χ0) is 14.0. The maximum atomic E-state index is 12.1. The lowest BCUT2D eigenvalue weighted by atomic mass is 10.1. The predicted molar refractivity (Wildman–Crippen MR) is 85.4 cm³/mol. The molecule has 1 heterocycles. The highest BCUT2D eigenvalue weighted by atomic mass is 127. The molecule has 1 aromatic heterocycles. The number of hydrogen-bond acceptors (Lipinski definition) is 3. The minimum absolute atomic E-state index is 0.225. The van der Waals surface area contributed by atoms with Crippen molar-refractivity contribution in [1.29, 1.82) is 0 Å². The molecule has 1 aromatic carbocycles. The Balaban J connectivity index is 2.18. The Morgan fingerprint density at radius 3 is 2.79 bits per heavy atom. The van der Waals surface area contributed by atoms with Gasteiger partial charge in [0.15, 0.2) is 0 Å². The van der Waals surface area contributed by atoms with Gasteiger partial charge in [0.2, 0.25) is 5.88 Å². The Bertz CT molecular complexity index is 610. The summed E-state index contributed by atoms with van der Waals surface area (Å²) in [6.07, 6.45) is 0. The number of benzene rings is 1. The summed E-state index contributed by atoms with van der Waals surface area (Å²) in [5.41, 5.74) is 1.38. The monoisotopic (exact) mass is 434 g/mol. The summed E-state index contributed by atoms with van der Waals surface area (Å²) < 4.78 is 6.83. The Kier molecular flexibility index (Phi) is 4.62. The summed E-state index contributed by atoms with van der Waals surface area (Å²) in [4.78, 5) is 12.1. The molecule has 0 atom stereocenters. The number of carbonyl (C=O) groups excluding carboxylic acids is 1. The standard InChI is InChI=1S/C13H12BrIN2O2/c1-7(2)11-6-12(19-17-11)16-13(18)9-5-8(15)3-4-10(9)14/h3-7H,1-2H3,(H,16,18). The second kappa shape index (κ2) is 6.04. The van der Waals surface area contributed by atoms with Gasteiger partial charge in [-0.3, -0.25) is 10.1 Å². The van der Waals surface area contributed by atoms with E-state index in [-0.39, 0.29) is 11.8 Å². The van der Waals surface area contributed by atoms with Gasteiger partial charge < -0.3 is 4.52 Å². The molecule has 0 aliphatic heterocycles. The van der Waals surface area contributed by atoms with E-state index >= 15 is 0 Å². The van der Waals surface area contributed by atoms with E-state index in [0.29, 0.717) is 11.4 Å². The maximum Gasteiger partial charge on any atom is 0.259 e. The highest BCUT2D eigenvalue weighted by molar-refractivity contribution is 14.1.